The first-order valence-electron chi connectivity index (χ1n) is 7.42. The van der Waals surface area contributed by atoms with Crippen LogP contribution in [0, 0.1) is 0 Å². The van der Waals surface area contributed by atoms with Crippen molar-refractivity contribution in [2.45, 2.75) is 24.3 Å². The van der Waals surface area contributed by atoms with Crippen LogP contribution in [0.4, 0.5) is 0 Å². The second-order valence-corrected chi connectivity index (χ2v) is 6.34. The number of hydrogen-bond donors (Lipinski definition) is 2. The maximum Gasteiger partial charge on any atom is 0.252 e. The van der Waals surface area contributed by atoms with E-state index in [-0.39, 0.29) is 5.91 Å². The smallest absolute Gasteiger partial charge is 0.252 e. The number of nitrogens with one attached hydrogen (secondary N) is 1. The van der Waals surface area contributed by atoms with Gasteiger partial charge in [0.05, 0.1) is 11.7 Å². The summed E-state index contributed by atoms with van der Waals surface area (Å²) in [4.78, 5) is 13.3. The molecule has 0 bridgehead atoms. The van der Waals surface area contributed by atoms with Gasteiger partial charge in [0.2, 0.25) is 0 Å². The van der Waals surface area contributed by atoms with Crippen LogP contribution in [0.1, 0.15) is 35.5 Å². The van der Waals surface area contributed by atoms with Gasteiger partial charge in [-0.25, -0.2) is 0 Å². The Balaban J connectivity index is 1.89. The summed E-state index contributed by atoms with van der Waals surface area (Å²) < 4.78 is 1.89. The molecule has 0 fully saturated rings. The molecule has 118 valence electrons. The largest absolute Gasteiger partial charge is 0.387 e. The molecule has 1 amide bonds. The van der Waals surface area contributed by atoms with Crippen LogP contribution in [0.5, 0.6) is 0 Å². The minimum atomic E-state index is -0.569. The Labute approximate surface area is 135 Å². The Hall–Kier alpha value is -1.72. The van der Waals surface area contributed by atoms with E-state index in [4.69, 9.17) is 0 Å². The molecule has 1 atom stereocenters. The van der Waals surface area contributed by atoms with Crippen LogP contribution < -0.4 is 5.32 Å². The lowest BCUT2D eigenvalue weighted by molar-refractivity contribution is 0.0938. The maximum absolute atomic E-state index is 12.3. The SMILES string of the molecule is CCSc1ccccc1C(=O)NCC[C@@H](O)c1cccn1C. The third-order valence-corrected chi connectivity index (χ3v) is 4.42. The Morgan fingerprint density at radius 2 is 2.09 bits per heavy atom. The normalized spacial score (nSPS) is 12.1. The minimum absolute atomic E-state index is 0.0874. The summed E-state index contributed by atoms with van der Waals surface area (Å²) in [5, 5.41) is 13.0. The molecule has 5 heteroatoms. The molecule has 0 aliphatic carbocycles. The molecular weight excluding hydrogens is 296 g/mol. The van der Waals surface area contributed by atoms with Gasteiger partial charge >= 0.3 is 0 Å². The van der Waals surface area contributed by atoms with E-state index >= 15 is 0 Å². The molecular formula is C17H22N2O2S. The van der Waals surface area contributed by atoms with Crippen LogP contribution in [-0.4, -0.2) is 27.9 Å². The van der Waals surface area contributed by atoms with Crippen molar-refractivity contribution in [3.8, 4) is 0 Å². The number of amides is 1. The third-order valence-electron chi connectivity index (χ3n) is 3.46. The number of thioether (sulfide) groups is 1. The van der Waals surface area contributed by atoms with E-state index in [0.29, 0.717) is 18.5 Å². The number of aliphatic hydroxyl groups excluding tert-OH is 1. The quantitative estimate of drug-likeness (QED) is 0.772. The van der Waals surface area contributed by atoms with Crippen molar-refractivity contribution in [1.82, 2.24) is 9.88 Å². The monoisotopic (exact) mass is 318 g/mol. The van der Waals surface area contributed by atoms with Crippen molar-refractivity contribution in [2.75, 3.05) is 12.3 Å². The van der Waals surface area contributed by atoms with Crippen LogP contribution >= 0.6 is 11.8 Å². The van der Waals surface area contributed by atoms with Gasteiger partial charge in [-0.2, -0.15) is 0 Å². The van der Waals surface area contributed by atoms with Crippen molar-refractivity contribution in [3.05, 3.63) is 53.9 Å². The fourth-order valence-electron chi connectivity index (χ4n) is 2.32. The highest BCUT2D eigenvalue weighted by atomic mass is 32.2. The molecule has 0 aliphatic heterocycles. The van der Waals surface area contributed by atoms with Gasteiger partial charge in [0, 0.05) is 30.4 Å². The molecule has 1 heterocycles. The van der Waals surface area contributed by atoms with Gasteiger partial charge in [-0.05, 0) is 36.4 Å². The molecule has 0 saturated heterocycles. The maximum atomic E-state index is 12.3. The number of carbonyl (C=O) groups excluding carboxylic acids is 1. The van der Waals surface area contributed by atoms with Crippen molar-refractivity contribution >= 4 is 17.7 Å². The van der Waals surface area contributed by atoms with Crippen LogP contribution in [0.25, 0.3) is 0 Å². The molecule has 4 nitrogen and oxygen atoms in total. The molecule has 0 spiro atoms. The lowest BCUT2D eigenvalue weighted by Gasteiger charge is -2.13. The highest BCUT2D eigenvalue weighted by Gasteiger charge is 2.13. The number of carbonyl (C=O) groups is 1. The molecule has 22 heavy (non-hydrogen) atoms. The molecule has 0 radical (unpaired) electrons. The van der Waals surface area contributed by atoms with E-state index in [2.05, 4.69) is 12.2 Å². The van der Waals surface area contributed by atoms with Crippen LogP contribution in [-0.2, 0) is 7.05 Å². The van der Waals surface area contributed by atoms with E-state index in [1.165, 1.54) is 0 Å². The predicted octanol–water partition coefficient (Wildman–Crippen LogP) is 2.99. The molecule has 0 aliphatic rings. The second kappa shape index (κ2) is 8.06. The number of aliphatic hydroxyl groups is 1. The van der Waals surface area contributed by atoms with Gasteiger partial charge in [0.15, 0.2) is 0 Å². The van der Waals surface area contributed by atoms with E-state index in [0.717, 1.165) is 16.3 Å². The van der Waals surface area contributed by atoms with E-state index < -0.39 is 6.10 Å². The first kappa shape index (κ1) is 16.6. The summed E-state index contributed by atoms with van der Waals surface area (Å²) in [6, 6.07) is 11.4. The Bertz CT molecular complexity index is 625. The lowest BCUT2D eigenvalue weighted by atomic mass is 10.1. The van der Waals surface area contributed by atoms with Crippen molar-refractivity contribution in [1.29, 1.82) is 0 Å². The number of nitrogens with zero attached hydrogens (tertiary/aromatic N) is 1. The van der Waals surface area contributed by atoms with E-state index in [1.54, 1.807) is 11.8 Å². The average molecular weight is 318 g/mol. The number of rotatable bonds is 7. The van der Waals surface area contributed by atoms with Gasteiger partial charge in [0.25, 0.3) is 5.91 Å². The van der Waals surface area contributed by atoms with Gasteiger partial charge in [-0.15, -0.1) is 11.8 Å². The van der Waals surface area contributed by atoms with Crippen molar-refractivity contribution in [2.24, 2.45) is 7.05 Å². The number of aromatic nitrogens is 1. The third kappa shape index (κ3) is 4.15. The Morgan fingerprint density at radius 3 is 2.77 bits per heavy atom. The summed E-state index contributed by atoms with van der Waals surface area (Å²) in [6.45, 7) is 2.51. The van der Waals surface area contributed by atoms with Gasteiger partial charge in [-0.3, -0.25) is 4.79 Å². The number of aryl methyl sites for hydroxylation is 1. The summed E-state index contributed by atoms with van der Waals surface area (Å²) in [5.41, 5.74) is 1.55. The highest BCUT2D eigenvalue weighted by molar-refractivity contribution is 7.99. The fraction of sp³-hybridized carbons (Fsp3) is 0.353. The number of benzene rings is 1. The summed E-state index contributed by atoms with van der Waals surface area (Å²) in [6.07, 6.45) is 1.82. The van der Waals surface area contributed by atoms with Gasteiger partial charge < -0.3 is 15.0 Å². The summed E-state index contributed by atoms with van der Waals surface area (Å²) in [7, 11) is 1.90. The molecule has 2 N–H and O–H groups in total. The predicted molar refractivity (Wildman–Crippen MR) is 90.2 cm³/mol. The van der Waals surface area contributed by atoms with Crippen LogP contribution in [0.2, 0.25) is 0 Å². The molecule has 1 aromatic heterocycles. The highest BCUT2D eigenvalue weighted by Crippen LogP contribution is 2.22. The Kier molecular flexibility index (Phi) is 6.10. The Morgan fingerprint density at radius 1 is 1.32 bits per heavy atom. The zero-order valence-corrected chi connectivity index (χ0v) is 13.8. The fourth-order valence-corrected chi connectivity index (χ4v) is 3.12. The summed E-state index contributed by atoms with van der Waals surface area (Å²) >= 11 is 1.66. The molecule has 2 rings (SSSR count). The van der Waals surface area contributed by atoms with Gasteiger partial charge in [-0.1, -0.05) is 19.1 Å². The molecule has 1 aromatic carbocycles. The van der Waals surface area contributed by atoms with Crippen LogP contribution in [0.3, 0.4) is 0 Å². The molecule has 2 aromatic rings. The van der Waals surface area contributed by atoms with Crippen molar-refractivity contribution < 1.29 is 9.90 Å². The van der Waals surface area contributed by atoms with Crippen molar-refractivity contribution in [3.63, 3.8) is 0 Å². The number of hydrogen-bond acceptors (Lipinski definition) is 3. The standard InChI is InChI=1S/C17H22N2O2S/c1-3-22-16-9-5-4-7-13(16)17(21)18-11-10-15(20)14-8-6-12-19(14)2/h4-9,12,15,20H,3,10-11H2,1-2H3,(H,18,21)/t15-/m1/s1. The second-order valence-electron chi connectivity index (χ2n) is 5.03. The zero-order valence-electron chi connectivity index (χ0n) is 13.0. The van der Waals surface area contributed by atoms with Crippen LogP contribution in [0.15, 0.2) is 47.5 Å². The zero-order chi connectivity index (χ0) is 15.9. The average Bonchev–Trinajstić information content (AvgIpc) is 2.94. The van der Waals surface area contributed by atoms with E-state index in [1.807, 2.05) is 54.2 Å². The minimum Gasteiger partial charge on any atom is -0.387 e. The topological polar surface area (TPSA) is 54.3 Å². The van der Waals surface area contributed by atoms with E-state index in [9.17, 15) is 9.90 Å². The van der Waals surface area contributed by atoms with Gasteiger partial charge in [0.1, 0.15) is 0 Å². The molecule has 0 saturated carbocycles. The molecule has 0 unspecified atom stereocenters. The first-order chi connectivity index (χ1) is 10.6. The summed E-state index contributed by atoms with van der Waals surface area (Å²) in [5.74, 6) is 0.840. The lowest BCUT2D eigenvalue weighted by Crippen LogP contribution is -2.26. The first-order valence-corrected chi connectivity index (χ1v) is 8.41.